The number of primary amides is 1. The highest BCUT2D eigenvalue weighted by molar-refractivity contribution is 5.87. The van der Waals surface area contributed by atoms with Crippen molar-refractivity contribution in [1.29, 1.82) is 0 Å². The first-order valence-electron chi connectivity index (χ1n) is 5.46. The number of hydrogen-bond acceptors (Lipinski definition) is 2. The average Bonchev–Trinajstić information content (AvgIpc) is 2.15. The van der Waals surface area contributed by atoms with Crippen LogP contribution in [0.25, 0.3) is 0 Å². The van der Waals surface area contributed by atoms with Crippen molar-refractivity contribution in [3.8, 4) is 0 Å². The molecule has 0 spiro atoms. The molecule has 3 N–H and O–H groups in total. The van der Waals surface area contributed by atoms with Gasteiger partial charge in [0, 0.05) is 5.92 Å². The minimum absolute atomic E-state index is 0.0280. The summed E-state index contributed by atoms with van der Waals surface area (Å²) < 4.78 is 0. The number of carbonyl (C=O) groups excluding carboxylic acids is 2. The maximum Gasteiger partial charge on any atom is 0.240 e. The van der Waals surface area contributed by atoms with Crippen molar-refractivity contribution >= 4 is 11.8 Å². The standard InChI is InChI=1S/C9H18N2O2.C2H6/c1-5(2)7(8(10)12)11-9(13)6(3)4;1-2/h5-7H,1-4H3,(H2,10,12)(H,11,13);1-2H3. The topological polar surface area (TPSA) is 72.2 Å². The molecule has 0 aliphatic carbocycles. The summed E-state index contributed by atoms with van der Waals surface area (Å²) in [6, 6.07) is -0.560. The van der Waals surface area contributed by atoms with Gasteiger partial charge in [0.15, 0.2) is 0 Å². The van der Waals surface area contributed by atoms with Crippen LogP contribution in [0.4, 0.5) is 0 Å². The molecule has 1 atom stereocenters. The van der Waals surface area contributed by atoms with Crippen LogP contribution in [-0.2, 0) is 9.59 Å². The number of amides is 2. The van der Waals surface area contributed by atoms with Crippen LogP contribution < -0.4 is 11.1 Å². The summed E-state index contributed by atoms with van der Waals surface area (Å²) in [5.41, 5.74) is 5.13. The zero-order chi connectivity index (χ0) is 12.6. The Morgan fingerprint density at radius 1 is 1.07 bits per heavy atom. The highest BCUT2D eigenvalue weighted by atomic mass is 16.2. The molecule has 0 fully saturated rings. The lowest BCUT2D eigenvalue weighted by Gasteiger charge is -2.19. The van der Waals surface area contributed by atoms with Crippen molar-refractivity contribution in [2.24, 2.45) is 17.6 Å². The lowest BCUT2D eigenvalue weighted by molar-refractivity contribution is -0.130. The summed E-state index contributed by atoms with van der Waals surface area (Å²) in [6.07, 6.45) is 0. The number of carbonyl (C=O) groups is 2. The molecule has 0 heterocycles. The zero-order valence-corrected chi connectivity index (χ0v) is 10.6. The van der Waals surface area contributed by atoms with Gasteiger partial charge in [-0.1, -0.05) is 41.5 Å². The fourth-order valence-corrected chi connectivity index (χ4v) is 0.886. The van der Waals surface area contributed by atoms with E-state index in [1.807, 2.05) is 27.7 Å². The first-order valence-corrected chi connectivity index (χ1v) is 5.46. The summed E-state index contributed by atoms with van der Waals surface area (Å²) in [5.74, 6) is -0.720. The summed E-state index contributed by atoms with van der Waals surface area (Å²) >= 11 is 0. The molecule has 0 aromatic rings. The van der Waals surface area contributed by atoms with E-state index < -0.39 is 11.9 Å². The number of rotatable bonds is 4. The molecule has 1 unspecified atom stereocenters. The van der Waals surface area contributed by atoms with Crippen molar-refractivity contribution in [2.75, 3.05) is 0 Å². The minimum atomic E-state index is -0.560. The van der Waals surface area contributed by atoms with Gasteiger partial charge in [0.25, 0.3) is 0 Å². The molecular formula is C11H24N2O2. The molecule has 0 bridgehead atoms. The molecule has 4 nitrogen and oxygen atoms in total. The second-order valence-electron chi connectivity index (χ2n) is 3.79. The minimum Gasteiger partial charge on any atom is -0.368 e. The third-order valence-electron chi connectivity index (χ3n) is 1.80. The zero-order valence-electron chi connectivity index (χ0n) is 10.6. The molecule has 2 amide bonds. The summed E-state index contributed by atoms with van der Waals surface area (Å²) in [7, 11) is 0. The molecule has 15 heavy (non-hydrogen) atoms. The van der Waals surface area contributed by atoms with Crippen LogP contribution in [-0.4, -0.2) is 17.9 Å². The number of hydrogen-bond donors (Lipinski definition) is 2. The molecule has 0 saturated heterocycles. The lowest BCUT2D eigenvalue weighted by atomic mass is 10.0. The largest absolute Gasteiger partial charge is 0.368 e. The van der Waals surface area contributed by atoms with Crippen LogP contribution in [0.3, 0.4) is 0 Å². The van der Waals surface area contributed by atoms with Gasteiger partial charge in [0.2, 0.25) is 11.8 Å². The first kappa shape index (κ1) is 16.4. The monoisotopic (exact) mass is 216 g/mol. The van der Waals surface area contributed by atoms with E-state index in [9.17, 15) is 9.59 Å². The maximum atomic E-state index is 11.2. The molecule has 90 valence electrons. The Bertz CT molecular complexity index is 201. The van der Waals surface area contributed by atoms with E-state index in [0.29, 0.717) is 0 Å². The van der Waals surface area contributed by atoms with E-state index >= 15 is 0 Å². The van der Waals surface area contributed by atoms with Crippen molar-refractivity contribution in [3.63, 3.8) is 0 Å². The molecule has 0 aliphatic heterocycles. The highest BCUT2D eigenvalue weighted by Gasteiger charge is 2.22. The summed E-state index contributed by atoms with van der Waals surface area (Å²) in [6.45, 7) is 11.2. The van der Waals surface area contributed by atoms with Crippen LogP contribution in [0.2, 0.25) is 0 Å². The smallest absolute Gasteiger partial charge is 0.240 e. The third kappa shape index (κ3) is 6.94. The fraction of sp³-hybridized carbons (Fsp3) is 0.818. The van der Waals surface area contributed by atoms with Crippen LogP contribution in [0.5, 0.6) is 0 Å². The predicted molar refractivity (Wildman–Crippen MR) is 62.1 cm³/mol. The van der Waals surface area contributed by atoms with Gasteiger partial charge in [-0.2, -0.15) is 0 Å². The van der Waals surface area contributed by atoms with E-state index in [2.05, 4.69) is 5.32 Å². The van der Waals surface area contributed by atoms with E-state index in [1.165, 1.54) is 0 Å². The van der Waals surface area contributed by atoms with E-state index in [0.717, 1.165) is 0 Å². The van der Waals surface area contributed by atoms with Crippen molar-refractivity contribution in [3.05, 3.63) is 0 Å². The van der Waals surface area contributed by atoms with Gasteiger partial charge < -0.3 is 11.1 Å². The average molecular weight is 216 g/mol. The van der Waals surface area contributed by atoms with E-state index in [-0.39, 0.29) is 17.7 Å². The molecule has 0 saturated carbocycles. The van der Waals surface area contributed by atoms with Crippen LogP contribution in [0, 0.1) is 11.8 Å². The SMILES string of the molecule is CC.CC(C)C(=O)NC(C(N)=O)C(C)C. The van der Waals surface area contributed by atoms with Gasteiger partial charge in [-0.3, -0.25) is 9.59 Å². The normalized spacial score (nSPS) is 11.7. The van der Waals surface area contributed by atoms with Crippen molar-refractivity contribution < 1.29 is 9.59 Å². The second-order valence-corrected chi connectivity index (χ2v) is 3.79. The molecule has 4 heteroatoms. The van der Waals surface area contributed by atoms with Gasteiger partial charge in [-0.25, -0.2) is 0 Å². The maximum absolute atomic E-state index is 11.2. The molecule has 0 radical (unpaired) electrons. The molecule has 0 aromatic heterocycles. The predicted octanol–water partition coefficient (Wildman–Crippen LogP) is 1.29. The van der Waals surface area contributed by atoms with Crippen LogP contribution >= 0.6 is 0 Å². The lowest BCUT2D eigenvalue weighted by Crippen LogP contribution is -2.48. The van der Waals surface area contributed by atoms with Crippen LogP contribution in [0.15, 0.2) is 0 Å². The Balaban J connectivity index is 0. The first-order chi connectivity index (χ1) is 6.86. The number of nitrogens with one attached hydrogen (secondary N) is 1. The van der Waals surface area contributed by atoms with Gasteiger partial charge in [-0.15, -0.1) is 0 Å². The van der Waals surface area contributed by atoms with Gasteiger partial charge in [0.1, 0.15) is 6.04 Å². The summed E-state index contributed by atoms with van der Waals surface area (Å²) in [4.78, 5) is 22.1. The fourth-order valence-electron chi connectivity index (χ4n) is 0.886. The van der Waals surface area contributed by atoms with Crippen molar-refractivity contribution in [1.82, 2.24) is 5.32 Å². The van der Waals surface area contributed by atoms with Gasteiger partial charge >= 0.3 is 0 Å². The van der Waals surface area contributed by atoms with E-state index in [1.54, 1.807) is 13.8 Å². The van der Waals surface area contributed by atoms with Crippen LogP contribution in [0.1, 0.15) is 41.5 Å². The highest BCUT2D eigenvalue weighted by Crippen LogP contribution is 2.02. The quantitative estimate of drug-likeness (QED) is 0.743. The Morgan fingerprint density at radius 3 is 1.67 bits per heavy atom. The van der Waals surface area contributed by atoms with E-state index in [4.69, 9.17) is 5.73 Å². The van der Waals surface area contributed by atoms with Gasteiger partial charge in [0.05, 0.1) is 0 Å². The van der Waals surface area contributed by atoms with Gasteiger partial charge in [-0.05, 0) is 5.92 Å². The summed E-state index contributed by atoms with van der Waals surface area (Å²) in [5, 5.41) is 2.60. The Hall–Kier alpha value is -1.06. The molecule has 0 aromatic carbocycles. The Labute approximate surface area is 92.6 Å². The molecular weight excluding hydrogens is 192 g/mol. The van der Waals surface area contributed by atoms with Crippen molar-refractivity contribution in [2.45, 2.75) is 47.6 Å². The Kier molecular flexibility index (Phi) is 9.02. The Morgan fingerprint density at radius 2 is 1.47 bits per heavy atom. The number of nitrogens with two attached hydrogens (primary N) is 1. The molecule has 0 aliphatic rings. The third-order valence-corrected chi connectivity index (χ3v) is 1.80. The second kappa shape index (κ2) is 8.26. The molecule has 0 rings (SSSR count).